The fourth-order valence-corrected chi connectivity index (χ4v) is 4.31. The molecule has 0 aromatic heterocycles. The number of halogens is 3. The molecule has 0 spiro atoms. The van der Waals surface area contributed by atoms with Gasteiger partial charge < -0.3 is 9.84 Å². The van der Waals surface area contributed by atoms with E-state index in [2.05, 4.69) is 0 Å². The fourth-order valence-electron chi connectivity index (χ4n) is 4.31. The molecule has 4 nitrogen and oxygen atoms in total. The summed E-state index contributed by atoms with van der Waals surface area (Å²) in [4.78, 5) is 25.1. The molecule has 0 saturated heterocycles. The Morgan fingerprint density at radius 2 is 1.71 bits per heavy atom. The molecular formula is C28H25F3O4. The predicted molar refractivity (Wildman–Crippen MR) is 124 cm³/mol. The molecule has 0 aliphatic heterocycles. The number of rotatable bonds is 9. The van der Waals surface area contributed by atoms with E-state index in [1.807, 2.05) is 12.1 Å². The third kappa shape index (κ3) is 5.80. The third-order valence-corrected chi connectivity index (χ3v) is 6.28. The molecule has 1 N–H and O–H groups in total. The normalized spacial score (nSPS) is 15.1. The van der Waals surface area contributed by atoms with Crippen LogP contribution in [0.2, 0.25) is 0 Å². The van der Waals surface area contributed by atoms with Gasteiger partial charge in [-0.05, 0) is 61.1 Å². The molecule has 3 aromatic carbocycles. The number of aliphatic hydroxyl groups excluding tert-OH is 1. The van der Waals surface area contributed by atoms with Crippen molar-refractivity contribution < 1.29 is 32.6 Å². The number of Topliss-reactive ketones (excluding diaryl/α,β-unsaturated/α-hetero) is 2. The SMILES string of the molecule is O=C(CCCO)c1ccc(CC2CCc3cc(OCc4cc(F)c(F)cc4F)ccc3C2=O)cc1. The second-order valence-electron chi connectivity index (χ2n) is 8.72. The van der Waals surface area contributed by atoms with Crippen molar-refractivity contribution in [1.29, 1.82) is 0 Å². The smallest absolute Gasteiger partial charge is 0.166 e. The van der Waals surface area contributed by atoms with E-state index in [0.717, 1.165) is 17.2 Å². The van der Waals surface area contributed by atoms with E-state index >= 15 is 0 Å². The van der Waals surface area contributed by atoms with Gasteiger partial charge >= 0.3 is 0 Å². The van der Waals surface area contributed by atoms with Crippen LogP contribution in [0.25, 0.3) is 0 Å². The highest BCUT2D eigenvalue weighted by molar-refractivity contribution is 6.00. The molecule has 1 atom stereocenters. The maximum Gasteiger partial charge on any atom is 0.166 e. The maximum atomic E-state index is 13.8. The number of hydrogen-bond acceptors (Lipinski definition) is 4. The van der Waals surface area contributed by atoms with E-state index in [-0.39, 0.29) is 36.3 Å². The van der Waals surface area contributed by atoms with Crippen LogP contribution in [0.3, 0.4) is 0 Å². The van der Waals surface area contributed by atoms with Crippen LogP contribution in [0.15, 0.2) is 54.6 Å². The Labute approximate surface area is 201 Å². The molecule has 1 aliphatic carbocycles. The number of carbonyl (C=O) groups is 2. The van der Waals surface area contributed by atoms with E-state index in [1.165, 1.54) is 0 Å². The molecule has 1 unspecified atom stereocenters. The molecule has 0 fully saturated rings. The highest BCUT2D eigenvalue weighted by Crippen LogP contribution is 2.31. The Balaban J connectivity index is 1.39. The summed E-state index contributed by atoms with van der Waals surface area (Å²) in [6.45, 7) is -0.285. The minimum absolute atomic E-state index is 0.0152. The fraction of sp³-hybridized carbons (Fsp3) is 0.286. The number of ether oxygens (including phenoxy) is 1. The standard InChI is InChI=1S/C28H25F3O4/c29-24-15-26(31)25(30)14-21(24)16-35-22-9-10-23-19(13-22)7-8-20(28(23)34)12-17-3-5-18(6-4-17)27(33)2-1-11-32/h3-6,9-10,13-15,20,32H,1-2,7-8,11-12,16H2. The van der Waals surface area contributed by atoms with Crippen LogP contribution in [0.5, 0.6) is 5.75 Å². The van der Waals surface area contributed by atoms with Gasteiger partial charge in [-0.1, -0.05) is 24.3 Å². The van der Waals surface area contributed by atoms with Gasteiger partial charge in [-0.25, -0.2) is 13.2 Å². The minimum atomic E-state index is -1.25. The zero-order chi connectivity index (χ0) is 24.9. The Bertz CT molecular complexity index is 1240. The van der Waals surface area contributed by atoms with Crippen LogP contribution < -0.4 is 4.74 Å². The number of ketones is 2. The monoisotopic (exact) mass is 482 g/mol. The Morgan fingerprint density at radius 1 is 0.971 bits per heavy atom. The number of fused-ring (bicyclic) bond motifs is 1. The highest BCUT2D eigenvalue weighted by atomic mass is 19.2. The van der Waals surface area contributed by atoms with Crippen molar-refractivity contribution in [1.82, 2.24) is 0 Å². The molecule has 35 heavy (non-hydrogen) atoms. The first-order valence-corrected chi connectivity index (χ1v) is 11.5. The summed E-state index contributed by atoms with van der Waals surface area (Å²) in [5.41, 5.74) is 2.92. The Kier molecular flexibility index (Phi) is 7.66. The molecule has 0 radical (unpaired) electrons. The number of carbonyl (C=O) groups excluding carboxylic acids is 2. The molecule has 0 saturated carbocycles. The molecule has 182 valence electrons. The highest BCUT2D eigenvalue weighted by Gasteiger charge is 2.28. The van der Waals surface area contributed by atoms with Gasteiger partial charge in [-0.2, -0.15) is 0 Å². The third-order valence-electron chi connectivity index (χ3n) is 6.28. The number of aliphatic hydroxyl groups is 1. The molecule has 0 heterocycles. The van der Waals surface area contributed by atoms with E-state index in [4.69, 9.17) is 9.84 Å². The lowest BCUT2D eigenvalue weighted by Crippen LogP contribution is -2.24. The number of aryl methyl sites for hydroxylation is 1. The summed E-state index contributed by atoms with van der Waals surface area (Å²) >= 11 is 0. The Morgan fingerprint density at radius 3 is 2.46 bits per heavy atom. The van der Waals surface area contributed by atoms with Gasteiger partial charge in [0.2, 0.25) is 0 Å². The summed E-state index contributed by atoms with van der Waals surface area (Å²) < 4.78 is 45.9. The summed E-state index contributed by atoms with van der Waals surface area (Å²) in [6, 6.07) is 13.5. The van der Waals surface area contributed by atoms with Gasteiger partial charge in [0.1, 0.15) is 18.2 Å². The van der Waals surface area contributed by atoms with Crippen LogP contribution in [-0.4, -0.2) is 23.3 Å². The lowest BCUT2D eigenvalue weighted by molar-refractivity contribution is 0.0900. The zero-order valence-corrected chi connectivity index (χ0v) is 19.0. The van der Waals surface area contributed by atoms with Gasteiger partial charge in [-0.3, -0.25) is 9.59 Å². The van der Waals surface area contributed by atoms with Gasteiger partial charge in [-0.15, -0.1) is 0 Å². The van der Waals surface area contributed by atoms with Crippen molar-refractivity contribution in [3.05, 3.63) is 99.9 Å². The van der Waals surface area contributed by atoms with Crippen LogP contribution in [-0.2, 0) is 19.4 Å². The topological polar surface area (TPSA) is 63.6 Å². The molecule has 1 aliphatic rings. The Hall–Kier alpha value is -3.45. The van der Waals surface area contributed by atoms with Gasteiger partial charge in [0, 0.05) is 41.7 Å². The molecule has 4 rings (SSSR count). The molecule has 0 amide bonds. The van der Waals surface area contributed by atoms with Gasteiger partial charge in [0.05, 0.1) is 0 Å². The average molecular weight is 482 g/mol. The van der Waals surface area contributed by atoms with Crippen LogP contribution in [0.4, 0.5) is 13.2 Å². The van der Waals surface area contributed by atoms with Crippen molar-refractivity contribution in [3.8, 4) is 5.75 Å². The van der Waals surface area contributed by atoms with Crippen LogP contribution in [0, 0.1) is 23.4 Å². The molecule has 0 bridgehead atoms. The van der Waals surface area contributed by atoms with Gasteiger partial charge in [0.15, 0.2) is 23.2 Å². The van der Waals surface area contributed by atoms with Crippen molar-refractivity contribution in [2.45, 2.75) is 38.7 Å². The van der Waals surface area contributed by atoms with E-state index < -0.39 is 17.5 Å². The molecule has 7 heteroatoms. The molecule has 3 aromatic rings. The second-order valence-corrected chi connectivity index (χ2v) is 8.72. The lowest BCUT2D eigenvalue weighted by Gasteiger charge is -2.24. The van der Waals surface area contributed by atoms with E-state index in [1.54, 1.807) is 30.3 Å². The lowest BCUT2D eigenvalue weighted by atomic mass is 9.79. The van der Waals surface area contributed by atoms with Crippen LogP contribution >= 0.6 is 0 Å². The second kappa shape index (κ2) is 10.9. The first-order chi connectivity index (χ1) is 16.9. The summed E-state index contributed by atoms with van der Waals surface area (Å²) in [6.07, 6.45) is 2.63. The quantitative estimate of drug-likeness (QED) is 0.317. The zero-order valence-electron chi connectivity index (χ0n) is 19.0. The van der Waals surface area contributed by atoms with Crippen molar-refractivity contribution in [2.24, 2.45) is 5.92 Å². The van der Waals surface area contributed by atoms with Crippen molar-refractivity contribution >= 4 is 11.6 Å². The van der Waals surface area contributed by atoms with Gasteiger partial charge in [0.25, 0.3) is 0 Å². The first kappa shape index (κ1) is 24.7. The predicted octanol–water partition coefficient (Wildman–Crippen LogP) is 5.63. The van der Waals surface area contributed by atoms with Crippen molar-refractivity contribution in [3.63, 3.8) is 0 Å². The minimum Gasteiger partial charge on any atom is -0.489 e. The average Bonchev–Trinajstić information content (AvgIpc) is 2.86. The summed E-state index contributed by atoms with van der Waals surface area (Å²) in [5, 5.41) is 8.87. The van der Waals surface area contributed by atoms with E-state index in [9.17, 15) is 22.8 Å². The van der Waals surface area contributed by atoms with Crippen LogP contribution in [0.1, 0.15) is 56.7 Å². The van der Waals surface area contributed by atoms with E-state index in [0.29, 0.717) is 55.0 Å². The number of benzene rings is 3. The first-order valence-electron chi connectivity index (χ1n) is 11.5. The largest absolute Gasteiger partial charge is 0.489 e. The maximum absolute atomic E-state index is 13.8. The summed E-state index contributed by atoms with van der Waals surface area (Å²) in [7, 11) is 0. The summed E-state index contributed by atoms with van der Waals surface area (Å²) in [5.74, 6) is -3.03. The van der Waals surface area contributed by atoms with Crippen molar-refractivity contribution in [2.75, 3.05) is 6.61 Å². The number of hydrogen-bond donors (Lipinski definition) is 1. The molecular weight excluding hydrogens is 457 g/mol.